The van der Waals surface area contributed by atoms with Crippen LogP contribution in [0.1, 0.15) is 52.5 Å². The van der Waals surface area contributed by atoms with E-state index in [2.05, 4.69) is 42.7 Å². The fourth-order valence-electron chi connectivity index (χ4n) is 4.60. The first-order valence-corrected chi connectivity index (χ1v) is 11.2. The van der Waals surface area contributed by atoms with Crippen molar-refractivity contribution in [3.8, 4) is 5.75 Å². The maximum Gasteiger partial charge on any atom is 0.262 e. The van der Waals surface area contributed by atoms with E-state index in [1.54, 1.807) is 0 Å². The van der Waals surface area contributed by atoms with Gasteiger partial charge in [-0.1, -0.05) is 35.9 Å². The van der Waals surface area contributed by atoms with Gasteiger partial charge in [0.1, 0.15) is 5.75 Å². The van der Waals surface area contributed by atoms with Crippen LogP contribution in [0.3, 0.4) is 0 Å². The summed E-state index contributed by atoms with van der Waals surface area (Å²) in [6.07, 6.45) is 1.54. The second-order valence-corrected chi connectivity index (χ2v) is 9.10. The first-order chi connectivity index (χ1) is 15.9. The van der Waals surface area contributed by atoms with Crippen LogP contribution in [0.25, 0.3) is 0 Å². The number of rotatable bonds is 5. The minimum Gasteiger partial charge on any atom is -0.482 e. The number of hydrogen-bond acceptors (Lipinski definition) is 4. The third-order valence-electron chi connectivity index (χ3n) is 6.57. The molecule has 0 saturated heterocycles. The topological polar surface area (TPSA) is 80.3 Å². The lowest BCUT2D eigenvalue weighted by Gasteiger charge is -2.26. The van der Waals surface area contributed by atoms with E-state index in [0.29, 0.717) is 11.4 Å². The number of anilines is 1. The molecule has 1 atom stereocenters. The van der Waals surface area contributed by atoms with Crippen LogP contribution in [0, 0.1) is 20.8 Å². The summed E-state index contributed by atoms with van der Waals surface area (Å²) in [5.41, 5.74) is 6.02. The molecule has 2 aliphatic rings. The van der Waals surface area contributed by atoms with Crippen molar-refractivity contribution in [2.75, 3.05) is 11.9 Å². The molecular weight excluding hydrogens is 414 g/mol. The number of fused-ring (bicyclic) bond motifs is 1. The van der Waals surface area contributed by atoms with Gasteiger partial charge < -0.3 is 15.4 Å². The van der Waals surface area contributed by atoms with E-state index in [-0.39, 0.29) is 24.5 Å². The second kappa shape index (κ2) is 8.03. The van der Waals surface area contributed by atoms with Crippen LogP contribution < -0.4 is 15.4 Å². The molecule has 1 saturated carbocycles. The number of nitrogens with zero attached hydrogens (tertiary/aromatic N) is 1. The van der Waals surface area contributed by atoms with Gasteiger partial charge in [-0.3, -0.25) is 14.6 Å². The van der Waals surface area contributed by atoms with Gasteiger partial charge >= 0.3 is 0 Å². The maximum absolute atomic E-state index is 13.7. The summed E-state index contributed by atoms with van der Waals surface area (Å²) in [6, 6.07) is 17.4. The Hall–Kier alpha value is -3.67. The van der Waals surface area contributed by atoms with E-state index < -0.39 is 5.41 Å². The third-order valence-corrected chi connectivity index (χ3v) is 6.57. The smallest absolute Gasteiger partial charge is 0.262 e. The standard InChI is InChI=1S/C27H27N3O3/c1-16-7-9-20(17(2)13-16)25(22-6-4-5-18(3)28-22)30-26(32)27(11-12-27)19-8-10-21-23(14-19)33-15-24(31)29-21/h4-10,13-14,25H,11-12,15H2,1-3H3,(H,29,31)(H,30,32). The molecule has 3 aromatic rings. The van der Waals surface area contributed by atoms with E-state index in [1.807, 2.05) is 43.3 Å². The number of carbonyl (C=O) groups is 2. The fraction of sp³-hybridized carbons (Fsp3) is 0.296. The largest absolute Gasteiger partial charge is 0.482 e. The van der Waals surface area contributed by atoms with Crippen LogP contribution in [0.2, 0.25) is 0 Å². The molecule has 6 heteroatoms. The minimum absolute atomic E-state index is 0.0105. The molecule has 5 rings (SSSR count). The van der Waals surface area contributed by atoms with Crippen molar-refractivity contribution in [1.82, 2.24) is 10.3 Å². The Balaban J connectivity index is 1.48. The lowest BCUT2D eigenvalue weighted by Crippen LogP contribution is -2.38. The average molecular weight is 442 g/mol. The molecule has 1 aromatic heterocycles. The molecule has 2 amide bonds. The van der Waals surface area contributed by atoms with Crippen molar-refractivity contribution in [2.24, 2.45) is 0 Å². The molecule has 0 bridgehead atoms. The van der Waals surface area contributed by atoms with Crippen molar-refractivity contribution in [2.45, 2.75) is 45.1 Å². The lowest BCUT2D eigenvalue weighted by atomic mass is 9.91. The highest BCUT2D eigenvalue weighted by atomic mass is 16.5. The fourth-order valence-corrected chi connectivity index (χ4v) is 4.60. The molecular formula is C27H27N3O3. The number of aromatic nitrogens is 1. The third kappa shape index (κ3) is 3.97. The van der Waals surface area contributed by atoms with Gasteiger partial charge in [0.2, 0.25) is 5.91 Å². The van der Waals surface area contributed by atoms with Crippen LogP contribution in [0.5, 0.6) is 5.75 Å². The van der Waals surface area contributed by atoms with E-state index in [1.165, 1.54) is 5.56 Å². The Morgan fingerprint density at radius 2 is 1.91 bits per heavy atom. The summed E-state index contributed by atoms with van der Waals surface area (Å²) in [6.45, 7) is 6.08. The Bertz CT molecular complexity index is 1260. The number of carbonyl (C=O) groups excluding carboxylic acids is 2. The van der Waals surface area contributed by atoms with E-state index in [9.17, 15) is 9.59 Å². The molecule has 0 radical (unpaired) electrons. The van der Waals surface area contributed by atoms with Crippen molar-refractivity contribution in [3.63, 3.8) is 0 Å². The van der Waals surface area contributed by atoms with Gasteiger partial charge in [-0.15, -0.1) is 0 Å². The highest BCUT2D eigenvalue weighted by Crippen LogP contribution is 2.50. The number of pyridine rings is 1. The summed E-state index contributed by atoms with van der Waals surface area (Å²) in [4.78, 5) is 30.0. The zero-order chi connectivity index (χ0) is 23.2. The molecule has 2 heterocycles. The SMILES string of the molecule is Cc1ccc(C(NC(=O)C2(c3ccc4c(c3)OCC(=O)N4)CC2)c2cccc(C)n2)c(C)c1. The summed E-state index contributed by atoms with van der Waals surface area (Å²) in [5.74, 6) is 0.420. The predicted molar refractivity (Wildman–Crippen MR) is 126 cm³/mol. The summed E-state index contributed by atoms with van der Waals surface area (Å²) in [7, 11) is 0. The minimum atomic E-state index is -0.597. The zero-order valence-electron chi connectivity index (χ0n) is 19.1. The van der Waals surface area contributed by atoms with E-state index in [0.717, 1.165) is 40.9 Å². The summed E-state index contributed by atoms with van der Waals surface area (Å²) >= 11 is 0. The number of aryl methyl sites for hydroxylation is 3. The van der Waals surface area contributed by atoms with Crippen LogP contribution in [0.4, 0.5) is 5.69 Å². The number of amides is 2. The van der Waals surface area contributed by atoms with Crippen molar-refractivity contribution < 1.29 is 14.3 Å². The summed E-state index contributed by atoms with van der Waals surface area (Å²) < 4.78 is 5.59. The molecule has 1 fully saturated rings. The van der Waals surface area contributed by atoms with Gasteiger partial charge in [-0.05, 0) is 74.6 Å². The van der Waals surface area contributed by atoms with Gasteiger partial charge in [-0.2, -0.15) is 0 Å². The molecule has 168 valence electrons. The molecule has 0 spiro atoms. The highest BCUT2D eigenvalue weighted by molar-refractivity contribution is 5.96. The summed E-state index contributed by atoms with van der Waals surface area (Å²) in [5, 5.41) is 6.12. The lowest BCUT2D eigenvalue weighted by molar-refractivity contribution is -0.124. The highest BCUT2D eigenvalue weighted by Gasteiger charge is 2.52. The molecule has 1 aliphatic heterocycles. The Labute approximate surface area is 193 Å². The molecule has 1 unspecified atom stereocenters. The van der Waals surface area contributed by atoms with Crippen molar-refractivity contribution in [3.05, 3.63) is 88.2 Å². The number of benzene rings is 2. The van der Waals surface area contributed by atoms with Gasteiger partial charge in [-0.25, -0.2) is 0 Å². The van der Waals surface area contributed by atoms with Crippen LogP contribution in [0.15, 0.2) is 54.6 Å². The van der Waals surface area contributed by atoms with Crippen molar-refractivity contribution in [1.29, 1.82) is 0 Å². The molecule has 33 heavy (non-hydrogen) atoms. The second-order valence-electron chi connectivity index (χ2n) is 9.10. The van der Waals surface area contributed by atoms with Crippen LogP contribution in [-0.2, 0) is 15.0 Å². The monoisotopic (exact) mass is 441 g/mol. The maximum atomic E-state index is 13.7. The van der Waals surface area contributed by atoms with Crippen LogP contribution >= 0.6 is 0 Å². The Morgan fingerprint density at radius 1 is 1.09 bits per heavy atom. The quantitative estimate of drug-likeness (QED) is 0.620. The van der Waals surface area contributed by atoms with Gasteiger partial charge in [0.05, 0.1) is 22.8 Å². The normalized spacial score (nSPS) is 16.8. The number of ether oxygens (including phenoxy) is 1. The average Bonchev–Trinajstić information content (AvgIpc) is 3.60. The molecule has 2 N–H and O–H groups in total. The van der Waals surface area contributed by atoms with E-state index >= 15 is 0 Å². The molecule has 6 nitrogen and oxygen atoms in total. The Morgan fingerprint density at radius 3 is 2.64 bits per heavy atom. The predicted octanol–water partition coefficient (Wildman–Crippen LogP) is 4.28. The Kier molecular flexibility index (Phi) is 5.16. The first-order valence-electron chi connectivity index (χ1n) is 11.2. The van der Waals surface area contributed by atoms with Crippen LogP contribution in [-0.4, -0.2) is 23.4 Å². The number of nitrogens with one attached hydrogen (secondary N) is 2. The number of hydrogen-bond donors (Lipinski definition) is 2. The van der Waals surface area contributed by atoms with Gasteiger partial charge in [0.25, 0.3) is 5.91 Å². The molecule has 1 aliphatic carbocycles. The molecule has 2 aromatic carbocycles. The van der Waals surface area contributed by atoms with Gasteiger partial charge in [0, 0.05) is 5.69 Å². The zero-order valence-corrected chi connectivity index (χ0v) is 19.1. The van der Waals surface area contributed by atoms with Gasteiger partial charge in [0.15, 0.2) is 6.61 Å². The van der Waals surface area contributed by atoms with Crippen molar-refractivity contribution >= 4 is 17.5 Å². The first kappa shape index (κ1) is 21.2. The van der Waals surface area contributed by atoms with E-state index in [4.69, 9.17) is 9.72 Å².